The molecular weight excluding hydrogens is 246 g/mol. The number of halogens is 2. The predicted octanol–water partition coefficient (Wildman–Crippen LogP) is 2.74. The topological polar surface area (TPSA) is 0 Å². The summed E-state index contributed by atoms with van der Waals surface area (Å²) in [6.45, 7) is 5.85. The fraction of sp³-hybridized carbons (Fsp3) is 0.800. The molecule has 1 radical (unpaired) electrons. The first kappa shape index (κ1) is 12.2. The Balaban J connectivity index is 0. The van der Waals surface area contributed by atoms with E-state index in [1.165, 1.54) is 12.8 Å². The van der Waals surface area contributed by atoms with Gasteiger partial charge < -0.3 is 0 Å². The second-order valence-corrected chi connectivity index (χ2v) is 7.31. The Morgan fingerprint density at radius 1 is 1.50 bits per heavy atom. The maximum atomic E-state index is 4.97. The standard InChI is InChI=1S/C5H11.2ClH.In.H/c1-3-5-4-2;;;;/h1,3-5H2,2H3;2*1H;;/q;;;+2;/p-2. The summed E-state index contributed by atoms with van der Waals surface area (Å²) in [5.41, 5.74) is 0. The zero-order valence-corrected chi connectivity index (χ0v) is 10.8. The Morgan fingerprint density at radius 2 is 1.88 bits per heavy atom. The molecule has 0 saturated heterocycles. The molecule has 0 heterocycles. The van der Waals surface area contributed by atoms with Crippen LogP contribution >= 0.6 is 17.2 Å². The molecule has 8 heavy (non-hydrogen) atoms. The molecule has 0 N–H and O–H groups in total. The molecule has 0 fully saturated rings. The van der Waals surface area contributed by atoms with Crippen LogP contribution in [-0.2, 0) is 0 Å². The van der Waals surface area contributed by atoms with E-state index in [1.54, 1.807) is 0 Å². The summed E-state index contributed by atoms with van der Waals surface area (Å²) in [4.78, 5) is 0. The van der Waals surface area contributed by atoms with Crippen molar-refractivity contribution in [1.29, 1.82) is 0 Å². The first-order valence-electron chi connectivity index (χ1n) is 2.74. The second kappa shape index (κ2) is 15.8. The molecule has 0 amide bonds. The Morgan fingerprint density at radius 3 is 1.88 bits per heavy atom. The molecule has 0 aromatic heterocycles. The summed E-state index contributed by atoms with van der Waals surface area (Å²) in [6, 6.07) is 0. The van der Waals surface area contributed by atoms with Crippen molar-refractivity contribution in [3.05, 3.63) is 6.92 Å². The molecule has 0 aliphatic carbocycles. The van der Waals surface area contributed by atoms with Crippen molar-refractivity contribution < 1.29 is 0 Å². The van der Waals surface area contributed by atoms with Gasteiger partial charge in [-0.3, -0.25) is 0 Å². The van der Waals surface area contributed by atoms with Crippen molar-refractivity contribution in [1.82, 2.24) is 0 Å². The van der Waals surface area contributed by atoms with Gasteiger partial charge in [0.25, 0.3) is 0 Å². The minimum absolute atomic E-state index is 1.07. The van der Waals surface area contributed by atoms with Gasteiger partial charge in [0.15, 0.2) is 0 Å². The van der Waals surface area contributed by atoms with Crippen molar-refractivity contribution in [2.45, 2.75) is 26.2 Å². The molecule has 0 aliphatic rings. The van der Waals surface area contributed by atoms with E-state index in [-0.39, 0.29) is 0 Å². The fourth-order valence-electron chi connectivity index (χ4n) is 0.250. The third-order valence-corrected chi connectivity index (χ3v) is 0.604. The quantitative estimate of drug-likeness (QED) is 0.714. The van der Waals surface area contributed by atoms with Crippen molar-refractivity contribution in [3.63, 3.8) is 0 Å². The SMILES string of the molecule is [CH2]CCCC.[Cl][InH][Cl]. The van der Waals surface area contributed by atoms with Crippen LogP contribution in [0.5, 0.6) is 0 Å². The average molecular weight is 258 g/mol. The van der Waals surface area contributed by atoms with Gasteiger partial charge in [-0.05, 0) is 0 Å². The zero-order valence-electron chi connectivity index (χ0n) is 5.29. The molecule has 0 aromatic carbocycles. The molecular formula is C5H12Cl2In. The molecule has 0 saturated carbocycles. The molecule has 0 bridgehead atoms. The van der Waals surface area contributed by atoms with E-state index in [2.05, 4.69) is 13.8 Å². The zero-order chi connectivity index (χ0) is 6.83. The second-order valence-electron chi connectivity index (χ2n) is 1.31. The number of hydrogen-bond acceptors (Lipinski definition) is 0. The van der Waals surface area contributed by atoms with E-state index >= 15 is 0 Å². The van der Waals surface area contributed by atoms with Gasteiger partial charge in [0.2, 0.25) is 0 Å². The number of unbranched alkanes of at least 4 members (excludes halogenated alkanes) is 2. The van der Waals surface area contributed by atoms with E-state index in [0.29, 0.717) is 0 Å². The van der Waals surface area contributed by atoms with Crippen molar-refractivity contribution >= 4 is 37.7 Å². The summed E-state index contributed by atoms with van der Waals surface area (Å²) in [5, 5.41) is 0. The van der Waals surface area contributed by atoms with Crippen LogP contribution in [0, 0.1) is 6.92 Å². The van der Waals surface area contributed by atoms with Gasteiger partial charge >= 0.3 is 37.7 Å². The van der Waals surface area contributed by atoms with Crippen molar-refractivity contribution in [2.24, 2.45) is 0 Å². The van der Waals surface area contributed by atoms with E-state index in [9.17, 15) is 0 Å². The van der Waals surface area contributed by atoms with Crippen molar-refractivity contribution in [2.75, 3.05) is 0 Å². The van der Waals surface area contributed by atoms with Crippen LogP contribution in [0.1, 0.15) is 26.2 Å². The Kier molecular flexibility index (Phi) is 24.0. The van der Waals surface area contributed by atoms with Crippen molar-refractivity contribution in [3.8, 4) is 0 Å². The molecule has 0 atom stereocenters. The summed E-state index contributed by atoms with van der Waals surface area (Å²) in [7, 11) is 9.95. The van der Waals surface area contributed by atoms with Gasteiger partial charge in [-0.25, -0.2) is 0 Å². The van der Waals surface area contributed by atoms with Gasteiger partial charge in [-0.2, -0.15) is 0 Å². The normalized spacial score (nSPS) is 7.00. The van der Waals surface area contributed by atoms with Gasteiger partial charge in [0.05, 0.1) is 0 Å². The molecule has 0 rings (SSSR count). The summed E-state index contributed by atoms with van der Waals surface area (Å²) < 4.78 is 0. The third-order valence-electron chi connectivity index (χ3n) is 0.604. The Labute approximate surface area is 70.5 Å². The molecule has 49 valence electrons. The van der Waals surface area contributed by atoms with Gasteiger partial charge in [0.1, 0.15) is 0 Å². The maximum absolute atomic E-state index is 4.97. The van der Waals surface area contributed by atoms with E-state index in [0.717, 1.165) is 6.42 Å². The molecule has 0 nitrogen and oxygen atoms in total. The van der Waals surface area contributed by atoms with Crippen LogP contribution in [-0.4, -0.2) is 20.5 Å². The predicted molar refractivity (Wildman–Crippen MR) is 43.7 cm³/mol. The van der Waals surface area contributed by atoms with Crippen LogP contribution in [0.2, 0.25) is 0 Å². The van der Waals surface area contributed by atoms with Gasteiger partial charge in [-0.15, -0.1) is 0 Å². The molecule has 3 heteroatoms. The minimum atomic E-state index is -1.07. The third kappa shape index (κ3) is 26.0. The summed E-state index contributed by atoms with van der Waals surface area (Å²) in [6.07, 6.45) is 3.65. The molecule has 0 spiro atoms. The molecule has 0 aliphatic heterocycles. The van der Waals surface area contributed by atoms with Crippen LogP contribution in [0.15, 0.2) is 0 Å². The van der Waals surface area contributed by atoms with Crippen LogP contribution in [0.3, 0.4) is 0 Å². The van der Waals surface area contributed by atoms with Crippen LogP contribution in [0.25, 0.3) is 0 Å². The first-order valence-corrected chi connectivity index (χ1v) is 13.0. The average Bonchev–Trinajstić information content (AvgIpc) is 1.71. The number of hydrogen-bond donors (Lipinski definition) is 0. The first-order chi connectivity index (χ1) is 3.83. The number of rotatable bonds is 2. The fourth-order valence-corrected chi connectivity index (χ4v) is 0.250. The van der Waals surface area contributed by atoms with Crippen LogP contribution in [0.4, 0.5) is 0 Å². The molecule has 0 aromatic rings. The van der Waals surface area contributed by atoms with E-state index in [4.69, 9.17) is 17.2 Å². The monoisotopic (exact) mass is 257 g/mol. The Bertz CT molecular complexity index is 24.4. The van der Waals surface area contributed by atoms with Gasteiger partial charge in [0, 0.05) is 0 Å². The summed E-state index contributed by atoms with van der Waals surface area (Å²) in [5.74, 6) is 0. The van der Waals surface area contributed by atoms with E-state index in [1.807, 2.05) is 0 Å². The Hall–Kier alpha value is 1.45. The molecule has 0 unspecified atom stereocenters. The van der Waals surface area contributed by atoms with Crippen LogP contribution < -0.4 is 0 Å². The summed E-state index contributed by atoms with van der Waals surface area (Å²) >= 11 is -1.07. The van der Waals surface area contributed by atoms with Gasteiger partial charge in [-0.1, -0.05) is 33.1 Å². The van der Waals surface area contributed by atoms with E-state index < -0.39 is 20.5 Å².